The Hall–Kier alpha value is -2.15. The smallest absolute Gasteiger partial charge is 0.140 e. The number of benzene rings is 1. The molecule has 0 spiro atoms. The minimum atomic E-state index is -0.483. The van der Waals surface area contributed by atoms with Crippen LogP contribution in [-0.2, 0) is 6.54 Å². The topological polar surface area (TPSA) is 41.6 Å². The first-order valence-electron chi connectivity index (χ1n) is 4.87. The van der Waals surface area contributed by atoms with E-state index in [1.165, 1.54) is 6.07 Å². The van der Waals surface area contributed by atoms with Crippen molar-refractivity contribution in [3.63, 3.8) is 0 Å². The number of halogens is 1. The molecule has 0 aliphatic heterocycles. The predicted molar refractivity (Wildman–Crippen MR) is 57.2 cm³/mol. The van der Waals surface area contributed by atoms with Crippen LogP contribution >= 0.6 is 0 Å². The predicted octanol–water partition coefficient (Wildman–Crippen LogP) is 2.25. The summed E-state index contributed by atoms with van der Waals surface area (Å²) in [6.07, 6.45) is 1.85. The highest BCUT2D eigenvalue weighted by molar-refractivity contribution is 5.34. The first kappa shape index (κ1) is 10.4. The van der Waals surface area contributed by atoms with Gasteiger partial charge >= 0.3 is 0 Å². The van der Waals surface area contributed by atoms with Gasteiger partial charge in [0.05, 0.1) is 17.8 Å². The lowest BCUT2D eigenvalue weighted by Gasteiger charge is -2.02. The van der Waals surface area contributed by atoms with Crippen LogP contribution in [0.25, 0.3) is 0 Å². The molecular weight excluding hydrogens is 205 g/mol. The van der Waals surface area contributed by atoms with E-state index in [-0.39, 0.29) is 5.56 Å². The van der Waals surface area contributed by atoms with Gasteiger partial charge in [-0.2, -0.15) is 10.4 Å². The van der Waals surface area contributed by atoms with Crippen molar-refractivity contribution in [1.29, 1.82) is 5.26 Å². The summed E-state index contributed by atoms with van der Waals surface area (Å²) >= 11 is 0. The minimum absolute atomic E-state index is 0.0707. The first-order valence-corrected chi connectivity index (χ1v) is 4.87. The zero-order valence-corrected chi connectivity index (χ0v) is 8.81. The lowest BCUT2D eigenvalue weighted by Crippen LogP contribution is -2.01. The molecule has 0 aliphatic rings. The van der Waals surface area contributed by atoms with Gasteiger partial charge in [0.2, 0.25) is 0 Å². The molecule has 2 aromatic rings. The van der Waals surface area contributed by atoms with Crippen LogP contribution in [0.2, 0.25) is 0 Å². The highest BCUT2D eigenvalue weighted by Gasteiger charge is 2.03. The number of nitrogens with zero attached hydrogens (tertiary/aromatic N) is 3. The highest BCUT2D eigenvalue weighted by atomic mass is 19.1. The molecule has 0 N–H and O–H groups in total. The van der Waals surface area contributed by atoms with Gasteiger partial charge in [-0.05, 0) is 30.7 Å². The standard InChI is InChI=1S/C12H10FN3/c1-9-4-5-16(15-9)8-10-2-3-12(13)11(6-10)7-14/h2-6H,8H2,1H3. The van der Waals surface area contributed by atoms with Gasteiger partial charge in [-0.15, -0.1) is 0 Å². The normalized spacial score (nSPS) is 10.1. The van der Waals surface area contributed by atoms with Gasteiger partial charge in [-0.25, -0.2) is 4.39 Å². The number of aryl methyl sites for hydroxylation is 1. The summed E-state index contributed by atoms with van der Waals surface area (Å²) in [5, 5.41) is 12.9. The minimum Gasteiger partial charge on any atom is -0.268 e. The van der Waals surface area contributed by atoms with Gasteiger partial charge < -0.3 is 0 Å². The molecule has 80 valence electrons. The van der Waals surface area contributed by atoms with E-state index in [2.05, 4.69) is 5.10 Å². The average Bonchev–Trinajstić information content (AvgIpc) is 2.67. The molecule has 2 rings (SSSR count). The molecule has 0 aliphatic carbocycles. The highest BCUT2D eigenvalue weighted by Crippen LogP contribution is 2.10. The maximum atomic E-state index is 13.1. The molecule has 0 unspecified atom stereocenters. The molecule has 0 fully saturated rings. The molecule has 0 bridgehead atoms. The molecule has 16 heavy (non-hydrogen) atoms. The Kier molecular flexibility index (Phi) is 2.69. The number of hydrogen-bond donors (Lipinski definition) is 0. The number of rotatable bonds is 2. The van der Waals surface area contributed by atoms with E-state index in [4.69, 9.17) is 5.26 Å². The van der Waals surface area contributed by atoms with E-state index in [9.17, 15) is 4.39 Å². The summed E-state index contributed by atoms with van der Waals surface area (Å²) in [4.78, 5) is 0. The quantitative estimate of drug-likeness (QED) is 0.771. The molecule has 0 radical (unpaired) electrons. The van der Waals surface area contributed by atoms with Crippen LogP contribution < -0.4 is 0 Å². The fraction of sp³-hybridized carbons (Fsp3) is 0.167. The molecule has 4 heteroatoms. The van der Waals surface area contributed by atoms with E-state index >= 15 is 0 Å². The van der Waals surface area contributed by atoms with E-state index < -0.39 is 5.82 Å². The van der Waals surface area contributed by atoms with E-state index in [1.54, 1.807) is 16.8 Å². The maximum absolute atomic E-state index is 13.1. The molecular formula is C12H10FN3. The van der Waals surface area contributed by atoms with Gasteiger partial charge in [0.25, 0.3) is 0 Å². The summed E-state index contributed by atoms with van der Waals surface area (Å²) in [7, 11) is 0. The fourth-order valence-electron chi connectivity index (χ4n) is 1.49. The Balaban J connectivity index is 2.26. The third kappa shape index (κ3) is 2.09. The van der Waals surface area contributed by atoms with Gasteiger partial charge in [0, 0.05) is 6.20 Å². The van der Waals surface area contributed by atoms with Crippen molar-refractivity contribution >= 4 is 0 Å². The number of aromatic nitrogens is 2. The fourth-order valence-corrected chi connectivity index (χ4v) is 1.49. The Bertz CT molecular complexity index is 552. The molecule has 0 saturated heterocycles. The van der Waals surface area contributed by atoms with Crippen LogP contribution in [0.5, 0.6) is 0 Å². The lowest BCUT2D eigenvalue weighted by atomic mass is 10.1. The summed E-state index contributed by atoms with van der Waals surface area (Å²) in [5.41, 5.74) is 1.87. The average molecular weight is 215 g/mol. The maximum Gasteiger partial charge on any atom is 0.140 e. The van der Waals surface area contributed by atoms with Crippen molar-refractivity contribution in [3.8, 4) is 6.07 Å². The molecule has 1 aromatic carbocycles. The SMILES string of the molecule is Cc1ccn(Cc2ccc(F)c(C#N)c2)n1. The Morgan fingerprint density at radius 2 is 2.25 bits per heavy atom. The van der Waals surface area contributed by atoms with Crippen LogP contribution in [-0.4, -0.2) is 9.78 Å². The van der Waals surface area contributed by atoms with Gasteiger partial charge in [-0.3, -0.25) is 4.68 Å². The summed E-state index contributed by atoms with van der Waals surface area (Å²) < 4.78 is 14.8. The number of nitriles is 1. The second-order valence-corrected chi connectivity index (χ2v) is 3.58. The van der Waals surface area contributed by atoms with E-state index in [1.807, 2.05) is 25.3 Å². The van der Waals surface area contributed by atoms with Crippen LogP contribution in [0.4, 0.5) is 4.39 Å². The summed E-state index contributed by atoms with van der Waals surface area (Å²) in [6, 6.07) is 8.24. The second-order valence-electron chi connectivity index (χ2n) is 3.58. The zero-order chi connectivity index (χ0) is 11.5. The van der Waals surface area contributed by atoms with Crippen molar-refractivity contribution in [2.24, 2.45) is 0 Å². The van der Waals surface area contributed by atoms with Gasteiger partial charge in [0.1, 0.15) is 11.9 Å². The Morgan fingerprint density at radius 1 is 1.44 bits per heavy atom. The largest absolute Gasteiger partial charge is 0.268 e. The van der Waals surface area contributed by atoms with Crippen molar-refractivity contribution in [3.05, 3.63) is 53.1 Å². The molecule has 3 nitrogen and oxygen atoms in total. The third-order valence-corrected chi connectivity index (χ3v) is 2.27. The van der Waals surface area contributed by atoms with Crippen molar-refractivity contribution < 1.29 is 4.39 Å². The second kappa shape index (κ2) is 4.15. The molecule has 0 atom stereocenters. The molecule has 0 amide bonds. The van der Waals surface area contributed by atoms with E-state index in [0.717, 1.165) is 11.3 Å². The first-order chi connectivity index (χ1) is 7.69. The van der Waals surface area contributed by atoms with E-state index in [0.29, 0.717) is 6.54 Å². The Morgan fingerprint density at radius 3 is 2.88 bits per heavy atom. The molecule has 1 aromatic heterocycles. The monoisotopic (exact) mass is 215 g/mol. The molecule has 0 saturated carbocycles. The zero-order valence-electron chi connectivity index (χ0n) is 8.81. The van der Waals surface area contributed by atoms with Crippen molar-refractivity contribution in [2.45, 2.75) is 13.5 Å². The molecule has 1 heterocycles. The van der Waals surface area contributed by atoms with Crippen molar-refractivity contribution in [1.82, 2.24) is 9.78 Å². The van der Waals surface area contributed by atoms with Gasteiger partial charge in [0.15, 0.2) is 0 Å². The summed E-state index contributed by atoms with van der Waals surface area (Å²) in [5.74, 6) is -0.483. The van der Waals surface area contributed by atoms with Crippen LogP contribution in [0.3, 0.4) is 0 Å². The van der Waals surface area contributed by atoms with Crippen molar-refractivity contribution in [2.75, 3.05) is 0 Å². The summed E-state index contributed by atoms with van der Waals surface area (Å²) in [6.45, 7) is 2.45. The third-order valence-electron chi connectivity index (χ3n) is 2.27. The lowest BCUT2D eigenvalue weighted by molar-refractivity contribution is 0.620. The Labute approximate surface area is 92.7 Å². The van der Waals surface area contributed by atoms with Crippen LogP contribution in [0, 0.1) is 24.1 Å². The number of hydrogen-bond acceptors (Lipinski definition) is 2. The van der Waals surface area contributed by atoms with Gasteiger partial charge in [-0.1, -0.05) is 6.07 Å². The van der Waals surface area contributed by atoms with Crippen LogP contribution in [0.1, 0.15) is 16.8 Å². The van der Waals surface area contributed by atoms with Crippen LogP contribution in [0.15, 0.2) is 30.5 Å².